The Balaban J connectivity index is 2.00. The summed E-state index contributed by atoms with van der Waals surface area (Å²) in [5, 5.41) is 29.6. The molecule has 7 nitrogen and oxygen atoms in total. The normalized spacial score (nSPS) is 10.2. The van der Waals surface area contributed by atoms with Crippen LogP contribution in [0, 0.1) is 0 Å². The molecule has 1 aromatic heterocycles. The number of aromatic carboxylic acids is 1. The summed E-state index contributed by atoms with van der Waals surface area (Å²) < 4.78 is 4.97. The number of carbonyl (C=O) groups is 2. The quantitative estimate of drug-likeness (QED) is 0.625. The zero-order valence-electron chi connectivity index (χ0n) is 10.2. The van der Waals surface area contributed by atoms with Crippen LogP contribution in [0.25, 0.3) is 0 Å². The average Bonchev–Trinajstić information content (AvgIpc) is 2.88. The summed E-state index contributed by atoms with van der Waals surface area (Å²) >= 11 is 0. The van der Waals surface area contributed by atoms with E-state index in [2.05, 4.69) is 5.32 Å². The first-order chi connectivity index (χ1) is 9.47. The number of hydrogen-bond acceptors (Lipinski definition) is 5. The van der Waals surface area contributed by atoms with Gasteiger partial charge in [0.25, 0.3) is 5.91 Å². The van der Waals surface area contributed by atoms with Crippen LogP contribution in [0.3, 0.4) is 0 Å². The van der Waals surface area contributed by atoms with Crippen molar-refractivity contribution in [2.45, 2.75) is 6.54 Å². The first kappa shape index (κ1) is 13.5. The molecule has 20 heavy (non-hydrogen) atoms. The number of carboxylic acids is 1. The molecular formula is C13H11NO6. The predicted octanol–water partition coefficient (Wildman–Crippen LogP) is 1.32. The van der Waals surface area contributed by atoms with Gasteiger partial charge in [-0.15, -0.1) is 0 Å². The largest absolute Gasteiger partial charge is 0.504 e. The number of aromatic hydroxyl groups is 2. The molecule has 0 saturated heterocycles. The molecule has 1 heterocycles. The molecular weight excluding hydrogens is 266 g/mol. The molecule has 0 saturated carbocycles. The first-order valence-electron chi connectivity index (χ1n) is 5.59. The number of furan rings is 1. The summed E-state index contributed by atoms with van der Waals surface area (Å²) in [4.78, 5) is 22.4. The Kier molecular flexibility index (Phi) is 3.60. The maximum Gasteiger partial charge on any atom is 0.371 e. The zero-order valence-corrected chi connectivity index (χ0v) is 10.2. The van der Waals surface area contributed by atoms with E-state index in [1.807, 2.05) is 0 Å². The van der Waals surface area contributed by atoms with Crippen LogP contribution < -0.4 is 5.32 Å². The second-order valence-electron chi connectivity index (χ2n) is 3.96. The molecule has 2 rings (SSSR count). The Morgan fingerprint density at radius 3 is 2.45 bits per heavy atom. The third-order valence-corrected chi connectivity index (χ3v) is 2.53. The lowest BCUT2D eigenvalue weighted by Crippen LogP contribution is -2.22. The third-order valence-electron chi connectivity index (χ3n) is 2.53. The molecule has 1 amide bonds. The molecule has 2 aromatic rings. The van der Waals surface area contributed by atoms with Gasteiger partial charge in [-0.05, 0) is 30.3 Å². The number of amides is 1. The minimum Gasteiger partial charge on any atom is -0.504 e. The summed E-state index contributed by atoms with van der Waals surface area (Å²) in [6.45, 7) is 0.00769. The van der Waals surface area contributed by atoms with Crippen molar-refractivity contribution in [3.8, 4) is 11.5 Å². The van der Waals surface area contributed by atoms with Gasteiger partial charge in [-0.2, -0.15) is 0 Å². The van der Waals surface area contributed by atoms with Crippen LogP contribution in [0.1, 0.15) is 26.7 Å². The van der Waals surface area contributed by atoms with E-state index in [0.717, 1.165) is 6.07 Å². The SMILES string of the molecule is O=C(NCc1ccc(C(=O)O)o1)c1ccc(O)c(O)c1. The van der Waals surface area contributed by atoms with Gasteiger partial charge in [0.05, 0.1) is 6.54 Å². The minimum absolute atomic E-state index is 0.00769. The highest BCUT2D eigenvalue weighted by atomic mass is 16.4. The van der Waals surface area contributed by atoms with Crippen molar-refractivity contribution in [2.24, 2.45) is 0 Å². The molecule has 0 bridgehead atoms. The fourth-order valence-corrected chi connectivity index (χ4v) is 1.52. The lowest BCUT2D eigenvalue weighted by molar-refractivity contribution is 0.0660. The number of rotatable bonds is 4. The van der Waals surface area contributed by atoms with E-state index in [1.165, 1.54) is 24.3 Å². The number of nitrogens with one attached hydrogen (secondary N) is 1. The maximum absolute atomic E-state index is 11.8. The second kappa shape index (κ2) is 5.35. The van der Waals surface area contributed by atoms with E-state index in [-0.39, 0.29) is 23.6 Å². The third kappa shape index (κ3) is 2.89. The van der Waals surface area contributed by atoms with E-state index >= 15 is 0 Å². The minimum atomic E-state index is -1.19. The zero-order chi connectivity index (χ0) is 14.7. The molecule has 4 N–H and O–H groups in total. The molecule has 1 aromatic carbocycles. The highest BCUT2D eigenvalue weighted by Gasteiger charge is 2.11. The van der Waals surface area contributed by atoms with Gasteiger partial charge in [-0.25, -0.2) is 4.79 Å². The van der Waals surface area contributed by atoms with Crippen LogP contribution in [0.4, 0.5) is 0 Å². The molecule has 0 fully saturated rings. The number of benzene rings is 1. The van der Waals surface area contributed by atoms with Crippen molar-refractivity contribution in [1.29, 1.82) is 0 Å². The highest BCUT2D eigenvalue weighted by Crippen LogP contribution is 2.24. The summed E-state index contributed by atoms with van der Waals surface area (Å²) in [7, 11) is 0. The molecule has 0 radical (unpaired) electrons. The van der Waals surface area contributed by atoms with Crippen molar-refractivity contribution in [3.05, 3.63) is 47.4 Å². The molecule has 0 aliphatic carbocycles. The van der Waals surface area contributed by atoms with E-state index in [4.69, 9.17) is 14.6 Å². The van der Waals surface area contributed by atoms with Crippen molar-refractivity contribution < 1.29 is 29.3 Å². The number of carbonyl (C=O) groups excluding carboxylic acids is 1. The maximum atomic E-state index is 11.8. The Labute approximate surface area is 113 Å². The van der Waals surface area contributed by atoms with Crippen LogP contribution in [0.15, 0.2) is 34.7 Å². The highest BCUT2D eigenvalue weighted by molar-refractivity contribution is 5.94. The summed E-state index contributed by atoms with van der Waals surface area (Å²) in [6, 6.07) is 6.39. The van der Waals surface area contributed by atoms with Crippen LogP contribution in [-0.2, 0) is 6.54 Å². The van der Waals surface area contributed by atoms with Crippen molar-refractivity contribution in [1.82, 2.24) is 5.32 Å². The topological polar surface area (TPSA) is 120 Å². The van der Waals surface area contributed by atoms with Crippen molar-refractivity contribution >= 4 is 11.9 Å². The van der Waals surface area contributed by atoms with Crippen LogP contribution in [-0.4, -0.2) is 27.2 Å². The molecule has 7 heteroatoms. The van der Waals surface area contributed by atoms with E-state index in [0.29, 0.717) is 5.76 Å². The van der Waals surface area contributed by atoms with Crippen molar-refractivity contribution in [2.75, 3.05) is 0 Å². The molecule has 0 spiro atoms. The van der Waals surface area contributed by atoms with E-state index < -0.39 is 17.6 Å². The average molecular weight is 277 g/mol. The van der Waals surface area contributed by atoms with Crippen LogP contribution in [0.5, 0.6) is 11.5 Å². The monoisotopic (exact) mass is 277 g/mol. The van der Waals surface area contributed by atoms with Gasteiger partial charge in [-0.1, -0.05) is 0 Å². The summed E-state index contributed by atoms with van der Waals surface area (Å²) in [5.41, 5.74) is 0.158. The van der Waals surface area contributed by atoms with Crippen LogP contribution >= 0.6 is 0 Å². The van der Waals surface area contributed by atoms with Gasteiger partial charge in [0, 0.05) is 5.56 Å². The molecule has 0 aliphatic heterocycles. The first-order valence-corrected chi connectivity index (χ1v) is 5.59. The van der Waals surface area contributed by atoms with Gasteiger partial charge < -0.3 is 25.1 Å². The number of carboxylic acid groups (broad SMARTS) is 1. The van der Waals surface area contributed by atoms with Crippen molar-refractivity contribution in [3.63, 3.8) is 0 Å². The number of phenols is 2. The molecule has 0 aliphatic rings. The van der Waals surface area contributed by atoms with Gasteiger partial charge in [0.2, 0.25) is 5.76 Å². The van der Waals surface area contributed by atoms with Gasteiger partial charge in [-0.3, -0.25) is 4.79 Å². The Morgan fingerprint density at radius 1 is 1.10 bits per heavy atom. The van der Waals surface area contributed by atoms with Gasteiger partial charge >= 0.3 is 5.97 Å². The Hall–Kier alpha value is -2.96. The smallest absolute Gasteiger partial charge is 0.371 e. The second-order valence-corrected chi connectivity index (χ2v) is 3.96. The van der Waals surface area contributed by atoms with E-state index in [1.54, 1.807) is 0 Å². The standard InChI is InChI=1S/C13H11NO6/c15-9-3-1-7(5-10(9)16)12(17)14-6-8-2-4-11(20-8)13(18)19/h1-5,15-16H,6H2,(H,14,17)(H,18,19). The van der Waals surface area contributed by atoms with Gasteiger partial charge in [0.1, 0.15) is 5.76 Å². The number of phenolic OH excluding ortho intramolecular Hbond substituents is 2. The molecule has 0 atom stereocenters. The summed E-state index contributed by atoms with van der Waals surface area (Å²) in [6.07, 6.45) is 0. The Morgan fingerprint density at radius 2 is 1.85 bits per heavy atom. The fourth-order valence-electron chi connectivity index (χ4n) is 1.52. The molecule has 104 valence electrons. The predicted molar refractivity (Wildman–Crippen MR) is 66.6 cm³/mol. The van der Waals surface area contributed by atoms with Crippen LogP contribution in [0.2, 0.25) is 0 Å². The number of hydrogen-bond donors (Lipinski definition) is 4. The lowest BCUT2D eigenvalue weighted by atomic mass is 10.2. The summed E-state index contributed by atoms with van der Waals surface area (Å²) in [5.74, 6) is -2.32. The van der Waals surface area contributed by atoms with Gasteiger partial charge in [0.15, 0.2) is 11.5 Å². The fraction of sp³-hybridized carbons (Fsp3) is 0.0769. The van der Waals surface area contributed by atoms with E-state index in [9.17, 15) is 14.7 Å². The lowest BCUT2D eigenvalue weighted by Gasteiger charge is -2.04. The Bertz CT molecular complexity index is 661. The molecule has 0 unspecified atom stereocenters.